The van der Waals surface area contributed by atoms with Crippen LogP contribution in [0.15, 0.2) is 0 Å². The largest absolute Gasteiger partial charge is 0.481 e. The quantitative estimate of drug-likeness (QED) is 0.368. The molecule has 0 saturated heterocycles. The van der Waals surface area contributed by atoms with Gasteiger partial charge in [-0.2, -0.15) is 0 Å². The SMILES string of the molecule is CC(=O)O.CC(=O)O.CC(=O)O.O.O.O.O.[Er]. The fraction of sp³-hybridized carbons (Fsp3) is 0.500. The number of aliphatic carboxylic acids is 3. The zero-order chi connectivity index (χ0) is 10.7. The molecular formula is C6H20ErO10. The summed E-state index contributed by atoms with van der Waals surface area (Å²) in [5.41, 5.74) is 0. The summed E-state index contributed by atoms with van der Waals surface area (Å²) in [6.07, 6.45) is 0. The maximum atomic E-state index is 9.00. The summed E-state index contributed by atoms with van der Waals surface area (Å²) in [7, 11) is 0. The number of hydrogen-bond donors (Lipinski definition) is 3. The molecule has 0 unspecified atom stereocenters. The molecule has 0 saturated carbocycles. The van der Waals surface area contributed by atoms with Gasteiger partial charge in [-0.05, 0) is 0 Å². The first-order valence-electron chi connectivity index (χ1n) is 2.78. The molecule has 0 aliphatic rings. The van der Waals surface area contributed by atoms with E-state index < -0.39 is 17.9 Å². The molecule has 0 atom stereocenters. The van der Waals surface area contributed by atoms with Crippen molar-refractivity contribution in [1.82, 2.24) is 0 Å². The minimum Gasteiger partial charge on any atom is -0.481 e. The third-order valence-corrected chi connectivity index (χ3v) is 0. The predicted octanol–water partition coefficient (Wildman–Crippen LogP) is -3.03. The molecule has 0 heterocycles. The molecule has 0 rings (SSSR count). The van der Waals surface area contributed by atoms with E-state index in [4.69, 9.17) is 29.7 Å². The van der Waals surface area contributed by atoms with E-state index in [0.29, 0.717) is 0 Å². The zero-order valence-electron chi connectivity index (χ0n) is 9.36. The maximum absolute atomic E-state index is 9.00. The molecule has 0 aromatic heterocycles. The van der Waals surface area contributed by atoms with Crippen molar-refractivity contribution in [3.63, 3.8) is 0 Å². The second kappa shape index (κ2) is 45.1. The minimum atomic E-state index is -0.833. The Balaban J connectivity index is -0.0000000104. The topological polar surface area (TPSA) is 238 Å². The van der Waals surface area contributed by atoms with Crippen molar-refractivity contribution in [2.24, 2.45) is 0 Å². The van der Waals surface area contributed by atoms with Crippen LogP contribution in [0.4, 0.5) is 0 Å². The molecule has 0 aromatic carbocycles. The van der Waals surface area contributed by atoms with Crippen molar-refractivity contribution >= 4 is 17.9 Å². The van der Waals surface area contributed by atoms with E-state index in [2.05, 4.69) is 0 Å². The molecule has 0 aliphatic heterocycles. The van der Waals surface area contributed by atoms with E-state index in [9.17, 15) is 0 Å². The summed E-state index contributed by atoms with van der Waals surface area (Å²) in [5.74, 6) is -2.50. The predicted molar refractivity (Wildman–Crippen MR) is 54.4 cm³/mol. The van der Waals surface area contributed by atoms with Crippen LogP contribution in [0.5, 0.6) is 0 Å². The summed E-state index contributed by atoms with van der Waals surface area (Å²) < 4.78 is 0. The Morgan fingerprint density at radius 2 is 0.588 bits per heavy atom. The molecule has 0 aromatic rings. The van der Waals surface area contributed by atoms with Gasteiger partial charge in [-0.15, -0.1) is 0 Å². The molecule has 11 heteroatoms. The van der Waals surface area contributed by atoms with E-state index in [1.165, 1.54) is 0 Å². The molecule has 11 N–H and O–H groups in total. The first kappa shape index (κ1) is 54.9. The Labute approximate surface area is 127 Å². The standard InChI is InChI=1S/3C2H4O2.Er.4H2O/c3*1-2(3)4;;;;;/h3*1H3,(H,3,4);;4*1H2. The Bertz CT molecular complexity index is 118. The summed E-state index contributed by atoms with van der Waals surface area (Å²) in [6.45, 7) is 3.25. The van der Waals surface area contributed by atoms with Gasteiger partial charge in [0.2, 0.25) is 0 Å². The second-order valence-corrected chi connectivity index (χ2v) is 1.56. The van der Waals surface area contributed by atoms with Gasteiger partial charge in [0.15, 0.2) is 0 Å². The smallest absolute Gasteiger partial charge is 0.300 e. The van der Waals surface area contributed by atoms with Crippen molar-refractivity contribution in [2.75, 3.05) is 0 Å². The Morgan fingerprint density at radius 3 is 0.588 bits per heavy atom. The number of rotatable bonds is 0. The van der Waals surface area contributed by atoms with Gasteiger partial charge in [-0.3, -0.25) is 14.4 Å². The summed E-state index contributed by atoms with van der Waals surface area (Å²) >= 11 is 0. The van der Waals surface area contributed by atoms with Crippen molar-refractivity contribution in [3.05, 3.63) is 0 Å². The second-order valence-electron chi connectivity index (χ2n) is 1.56. The summed E-state index contributed by atoms with van der Waals surface area (Å²) in [4.78, 5) is 27.0. The van der Waals surface area contributed by atoms with E-state index in [0.717, 1.165) is 20.8 Å². The third-order valence-electron chi connectivity index (χ3n) is 0. The maximum Gasteiger partial charge on any atom is 0.300 e. The van der Waals surface area contributed by atoms with Gasteiger partial charge in [0.05, 0.1) is 0 Å². The van der Waals surface area contributed by atoms with Crippen LogP contribution in [-0.4, -0.2) is 55.1 Å². The third kappa shape index (κ3) is 11100. The van der Waals surface area contributed by atoms with E-state index in [1.54, 1.807) is 0 Å². The van der Waals surface area contributed by atoms with Gasteiger partial charge in [-0.1, -0.05) is 0 Å². The monoisotopic (exact) mass is 418 g/mol. The zero-order valence-corrected chi connectivity index (χ0v) is 11.2. The molecule has 17 heavy (non-hydrogen) atoms. The van der Waals surface area contributed by atoms with Crippen LogP contribution in [-0.2, 0) is 14.4 Å². The molecule has 116 valence electrons. The minimum absolute atomic E-state index is 0. The van der Waals surface area contributed by atoms with Crippen LogP contribution < -0.4 is 0 Å². The van der Waals surface area contributed by atoms with Crippen LogP contribution in [0, 0.1) is 37.3 Å². The van der Waals surface area contributed by atoms with Gasteiger partial charge in [0.25, 0.3) is 17.9 Å². The molecule has 0 radical (unpaired) electrons. The number of hydrogen-bond acceptors (Lipinski definition) is 3. The molecule has 0 fully saturated rings. The van der Waals surface area contributed by atoms with Gasteiger partial charge in [0, 0.05) is 58.1 Å². The van der Waals surface area contributed by atoms with Gasteiger partial charge < -0.3 is 37.2 Å². The van der Waals surface area contributed by atoms with Crippen molar-refractivity contribution in [3.8, 4) is 0 Å². The Hall–Kier alpha value is -0.503. The van der Waals surface area contributed by atoms with Crippen molar-refractivity contribution in [1.29, 1.82) is 0 Å². The van der Waals surface area contributed by atoms with E-state index in [1.807, 2.05) is 0 Å². The molecule has 0 bridgehead atoms. The van der Waals surface area contributed by atoms with Crippen LogP contribution >= 0.6 is 0 Å². The van der Waals surface area contributed by atoms with Gasteiger partial charge in [0.1, 0.15) is 0 Å². The molecule has 0 amide bonds. The first-order chi connectivity index (χ1) is 5.20. The van der Waals surface area contributed by atoms with Crippen LogP contribution in [0.1, 0.15) is 20.8 Å². The Kier molecular flexibility index (Phi) is 146. The molecule has 10 nitrogen and oxygen atoms in total. The Morgan fingerprint density at radius 1 is 0.588 bits per heavy atom. The summed E-state index contributed by atoms with van der Waals surface area (Å²) in [5, 5.41) is 22.2. The van der Waals surface area contributed by atoms with Crippen LogP contribution in [0.3, 0.4) is 0 Å². The van der Waals surface area contributed by atoms with E-state index in [-0.39, 0.29) is 59.2 Å². The van der Waals surface area contributed by atoms with Crippen molar-refractivity contribution in [2.45, 2.75) is 20.8 Å². The molecule has 0 spiro atoms. The van der Waals surface area contributed by atoms with Crippen LogP contribution in [0.25, 0.3) is 0 Å². The molecule has 0 aliphatic carbocycles. The first-order valence-corrected chi connectivity index (χ1v) is 2.78. The van der Waals surface area contributed by atoms with Gasteiger partial charge >= 0.3 is 0 Å². The number of carbonyl (C=O) groups is 3. The van der Waals surface area contributed by atoms with Gasteiger partial charge in [-0.25, -0.2) is 0 Å². The average molecular weight is 419 g/mol. The normalized spacial score (nSPS) is 4.41. The number of carboxylic acids is 3. The molecular weight excluding hydrogens is 399 g/mol. The summed E-state index contributed by atoms with van der Waals surface area (Å²) in [6, 6.07) is 0. The fourth-order valence-electron chi connectivity index (χ4n) is 0. The average Bonchev–Trinajstić information content (AvgIpc) is 1.54. The van der Waals surface area contributed by atoms with Crippen molar-refractivity contribution < 1.29 is 88.9 Å². The number of carboxylic acid groups (broad SMARTS) is 3. The fourth-order valence-corrected chi connectivity index (χ4v) is 0. The van der Waals surface area contributed by atoms with Crippen LogP contribution in [0.2, 0.25) is 0 Å². The van der Waals surface area contributed by atoms with E-state index >= 15 is 0 Å².